The lowest BCUT2D eigenvalue weighted by Crippen LogP contribution is -2.44. The highest BCUT2D eigenvalue weighted by Gasteiger charge is 2.38. The van der Waals surface area contributed by atoms with Crippen LogP contribution in [0, 0.1) is 16.7 Å². The summed E-state index contributed by atoms with van der Waals surface area (Å²) < 4.78 is 43.0. The zero-order valence-electron chi connectivity index (χ0n) is 20.9. The largest absolute Gasteiger partial charge is 0.415 e. The van der Waals surface area contributed by atoms with Crippen LogP contribution >= 0.6 is 11.6 Å². The SMILES string of the molecule is N#CC1(CNc2cccc(-c3cc(N[C@H]4CC[C@H](NC[C@@H](O)C(F)(F)F)CC4)ncc3Cl)n2)CCOCC1. The molecule has 1 saturated carbocycles. The summed E-state index contributed by atoms with van der Waals surface area (Å²) in [7, 11) is 0. The van der Waals surface area contributed by atoms with E-state index in [4.69, 9.17) is 21.3 Å². The van der Waals surface area contributed by atoms with Crippen LogP contribution in [-0.4, -0.2) is 65.7 Å². The van der Waals surface area contributed by atoms with Crippen molar-refractivity contribution in [2.75, 3.05) is 36.9 Å². The Balaban J connectivity index is 1.34. The summed E-state index contributed by atoms with van der Waals surface area (Å²) in [4.78, 5) is 9.10. The van der Waals surface area contributed by atoms with Gasteiger partial charge in [0.1, 0.15) is 11.6 Å². The van der Waals surface area contributed by atoms with Crippen LogP contribution in [-0.2, 0) is 4.74 Å². The standard InChI is InChI=1S/C26H32ClF3N6O2/c27-20-13-33-24(35-18-6-4-17(5-7-18)32-14-22(37)26(28,29)30)12-19(20)21-2-1-3-23(36-21)34-16-25(15-31)8-10-38-11-9-25/h1-3,12-13,17-18,22,32,37H,4-11,14,16H2,(H,33,35)(H,34,36)/t17-,18-,22-/m1/s1. The number of rotatable bonds is 9. The molecule has 0 radical (unpaired) electrons. The molecule has 206 valence electrons. The molecule has 8 nitrogen and oxygen atoms in total. The molecule has 38 heavy (non-hydrogen) atoms. The Kier molecular flexibility index (Phi) is 9.31. The maximum Gasteiger partial charge on any atom is 0.415 e. The van der Waals surface area contributed by atoms with E-state index >= 15 is 0 Å². The molecule has 0 unspecified atom stereocenters. The number of halogens is 4. The predicted molar refractivity (Wildman–Crippen MR) is 139 cm³/mol. The third-order valence-corrected chi connectivity index (χ3v) is 7.53. The number of hydrogen-bond acceptors (Lipinski definition) is 8. The van der Waals surface area contributed by atoms with Crippen LogP contribution in [0.1, 0.15) is 38.5 Å². The molecule has 2 aromatic heterocycles. The molecule has 1 atom stereocenters. The van der Waals surface area contributed by atoms with Crippen molar-refractivity contribution in [3.05, 3.63) is 35.5 Å². The van der Waals surface area contributed by atoms with Crippen LogP contribution in [0.3, 0.4) is 0 Å². The van der Waals surface area contributed by atoms with Gasteiger partial charge in [-0.1, -0.05) is 17.7 Å². The molecule has 1 aliphatic heterocycles. The van der Waals surface area contributed by atoms with Gasteiger partial charge in [-0.2, -0.15) is 18.4 Å². The Hall–Kier alpha value is -2.65. The number of aliphatic hydroxyl groups excluding tert-OH is 1. The molecule has 2 aliphatic rings. The third kappa shape index (κ3) is 7.47. The second kappa shape index (κ2) is 12.5. The van der Waals surface area contributed by atoms with Crippen LogP contribution in [0.25, 0.3) is 11.3 Å². The van der Waals surface area contributed by atoms with Crippen LogP contribution in [0.4, 0.5) is 24.8 Å². The van der Waals surface area contributed by atoms with E-state index in [9.17, 15) is 23.5 Å². The van der Waals surface area contributed by atoms with Crippen molar-refractivity contribution in [1.29, 1.82) is 5.26 Å². The van der Waals surface area contributed by atoms with Crippen LogP contribution in [0.15, 0.2) is 30.5 Å². The number of alkyl halides is 3. The zero-order chi connectivity index (χ0) is 27.2. The normalized spacial score (nSPS) is 22.3. The molecule has 12 heteroatoms. The monoisotopic (exact) mass is 552 g/mol. The highest BCUT2D eigenvalue weighted by atomic mass is 35.5. The lowest BCUT2D eigenvalue weighted by Gasteiger charge is -2.31. The number of hydrogen-bond donors (Lipinski definition) is 4. The number of nitriles is 1. The van der Waals surface area contributed by atoms with Gasteiger partial charge in [0, 0.05) is 50.1 Å². The van der Waals surface area contributed by atoms with E-state index < -0.39 is 24.2 Å². The van der Waals surface area contributed by atoms with Crippen molar-refractivity contribution < 1.29 is 23.0 Å². The van der Waals surface area contributed by atoms with E-state index in [1.807, 2.05) is 24.3 Å². The average molecular weight is 553 g/mol. The molecular weight excluding hydrogens is 521 g/mol. The van der Waals surface area contributed by atoms with Gasteiger partial charge in [-0.15, -0.1) is 0 Å². The summed E-state index contributed by atoms with van der Waals surface area (Å²) >= 11 is 6.46. The summed E-state index contributed by atoms with van der Waals surface area (Å²) in [6, 6.07) is 9.91. The Morgan fingerprint density at radius 2 is 1.87 bits per heavy atom. The van der Waals surface area contributed by atoms with E-state index in [0.29, 0.717) is 73.4 Å². The molecule has 4 N–H and O–H groups in total. The van der Waals surface area contributed by atoms with Crippen molar-refractivity contribution in [2.24, 2.45) is 5.41 Å². The first-order valence-corrected chi connectivity index (χ1v) is 13.2. The van der Waals surface area contributed by atoms with Gasteiger partial charge < -0.3 is 25.8 Å². The van der Waals surface area contributed by atoms with Crippen molar-refractivity contribution >= 4 is 23.2 Å². The van der Waals surface area contributed by atoms with Crippen molar-refractivity contribution in [2.45, 2.75) is 62.9 Å². The number of nitrogens with one attached hydrogen (secondary N) is 3. The van der Waals surface area contributed by atoms with Gasteiger partial charge >= 0.3 is 6.18 Å². The first-order valence-electron chi connectivity index (χ1n) is 12.8. The number of pyridine rings is 2. The quantitative estimate of drug-likeness (QED) is 0.352. The van der Waals surface area contributed by atoms with Gasteiger partial charge in [-0.25, -0.2) is 9.97 Å². The van der Waals surface area contributed by atoms with E-state index in [1.54, 1.807) is 6.20 Å². The van der Waals surface area contributed by atoms with Crippen molar-refractivity contribution in [3.63, 3.8) is 0 Å². The maximum atomic E-state index is 12.5. The number of ether oxygens (including phenoxy) is 1. The minimum atomic E-state index is -4.61. The Morgan fingerprint density at radius 1 is 1.16 bits per heavy atom. The predicted octanol–water partition coefficient (Wildman–Crippen LogP) is 4.77. The lowest BCUT2D eigenvalue weighted by atomic mass is 9.82. The molecular formula is C26H32ClF3N6O2. The maximum absolute atomic E-state index is 12.5. The molecule has 1 aliphatic carbocycles. The Morgan fingerprint density at radius 3 is 2.55 bits per heavy atom. The first kappa shape index (κ1) is 28.4. The number of aromatic nitrogens is 2. The minimum absolute atomic E-state index is 0.0699. The van der Waals surface area contributed by atoms with Gasteiger partial charge in [0.05, 0.1) is 22.2 Å². The molecule has 2 aromatic rings. The average Bonchev–Trinajstić information content (AvgIpc) is 2.92. The number of anilines is 2. The molecule has 0 amide bonds. The third-order valence-electron chi connectivity index (χ3n) is 7.23. The van der Waals surface area contributed by atoms with Crippen LogP contribution in [0.5, 0.6) is 0 Å². The minimum Gasteiger partial charge on any atom is -0.382 e. The fourth-order valence-corrected chi connectivity index (χ4v) is 4.99. The second-order valence-corrected chi connectivity index (χ2v) is 10.4. The zero-order valence-corrected chi connectivity index (χ0v) is 21.7. The summed E-state index contributed by atoms with van der Waals surface area (Å²) in [6.07, 6.45) is -1.17. The fraction of sp³-hybridized carbons (Fsp3) is 0.577. The van der Waals surface area contributed by atoms with Gasteiger partial charge in [-0.05, 0) is 56.7 Å². The molecule has 0 spiro atoms. The second-order valence-electron chi connectivity index (χ2n) is 9.97. The van der Waals surface area contributed by atoms with E-state index in [2.05, 4.69) is 27.0 Å². The molecule has 0 bridgehead atoms. The summed E-state index contributed by atoms with van der Waals surface area (Å²) in [5.41, 5.74) is 0.901. The Labute approximate surface area is 225 Å². The topological polar surface area (TPSA) is 115 Å². The smallest absolute Gasteiger partial charge is 0.382 e. The summed E-state index contributed by atoms with van der Waals surface area (Å²) in [5.74, 6) is 1.28. The van der Waals surface area contributed by atoms with Gasteiger partial charge in [0.25, 0.3) is 0 Å². The summed E-state index contributed by atoms with van der Waals surface area (Å²) in [6.45, 7) is 1.13. The van der Waals surface area contributed by atoms with Crippen LogP contribution in [0.2, 0.25) is 5.02 Å². The fourth-order valence-electron chi connectivity index (χ4n) is 4.79. The number of nitrogens with zero attached hydrogens (tertiary/aromatic N) is 3. The van der Waals surface area contributed by atoms with Crippen molar-refractivity contribution in [1.82, 2.24) is 15.3 Å². The van der Waals surface area contributed by atoms with Crippen LogP contribution < -0.4 is 16.0 Å². The van der Waals surface area contributed by atoms with E-state index in [1.165, 1.54) is 0 Å². The summed E-state index contributed by atoms with van der Waals surface area (Å²) in [5, 5.41) is 28.9. The van der Waals surface area contributed by atoms with Gasteiger partial charge in [0.15, 0.2) is 6.10 Å². The number of aliphatic hydroxyl groups is 1. The Bertz CT molecular complexity index is 1110. The highest BCUT2D eigenvalue weighted by Crippen LogP contribution is 2.32. The lowest BCUT2D eigenvalue weighted by molar-refractivity contribution is -0.202. The molecule has 2 fully saturated rings. The van der Waals surface area contributed by atoms with Crippen molar-refractivity contribution in [3.8, 4) is 17.3 Å². The molecule has 0 aromatic carbocycles. The molecule has 1 saturated heterocycles. The van der Waals surface area contributed by atoms with Gasteiger partial charge in [0.2, 0.25) is 0 Å². The van der Waals surface area contributed by atoms with E-state index in [-0.39, 0.29) is 12.1 Å². The first-order chi connectivity index (χ1) is 18.2. The van der Waals surface area contributed by atoms with E-state index in [0.717, 1.165) is 12.8 Å². The molecule has 3 heterocycles. The van der Waals surface area contributed by atoms with Gasteiger partial charge in [-0.3, -0.25) is 0 Å². The highest BCUT2D eigenvalue weighted by molar-refractivity contribution is 6.33. The molecule has 4 rings (SSSR count).